The third kappa shape index (κ3) is 3.46. The van der Waals surface area contributed by atoms with Gasteiger partial charge < -0.3 is 15.4 Å². The lowest BCUT2D eigenvalue weighted by molar-refractivity contribution is 0.138. The van der Waals surface area contributed by atoms with Crippen LogP contribution in [0, 0.1) is 5.92 Å². The van der Waals surface area contributed by atoms with Crippen molar-refractivity contribution in [2.45, 2.75) is 32.7 Å². The fraction of sp³-hybridized carbons (Fsp3) is 0.625. The molecule has 0 aliphatic carbocycles. The van der Waals surface area contributed by atoms with E-state index in [1.807, 2.05) is 18.2 Å². The van der Waals surface area contributed by atoms with Crippen LogP contribution in [0.5, 0.6) is 5.75 Å². The van der Waals surface area contributed by atoms with Crippen molar-refractivity contribution < 1.29 is 4.74 Å². The van der Waals surface area contributed by atoms with Crippen LogP contribution in [0.3, 0.4) is 0 Å². The number of ether oxygens (including phenoxy) is 1. The van der Waals surface area contributed by atoms with Gasteiger partial charge in [-0.2, -0.15) is 0 Å². The highest BCUT2D eigenvalue weighted by atomic mass is 35.5. The average molecular weight is 297 g/mol. The van der Waals surface area contributed by atoms with Gasteiger partial charge in [-0.3, -0.25) is 0 Å². The van der Waals surface area contributed by atoms with Crippen LogP contribution in [0.25, 0.3) is 0 Å². The van der Waals surface area contributed by atoms with E-state index in [0.29, 0.717) is 17.5 Å². The second-order valence-electron chi connectivity index (χ2n) is 5.56. The molecule has 1 aromatic rings. The highest BCUT2D eigenvalue weighted by Crippen LogP contribution is 2.38. The van der Waals surface area contributed by atoms with Gasteiger partial charge in [-0.05, 0) is 32.0 Å². The molecule has 20 heavy (non-hydrogen) atoms. The van der Waals surface area contributed by atoms with E-state index in [9.17, 15) is 0 Å². The maximum Gasteiger partial charge on any atom is 0.142 e. The van der Waals surface area contributed by atoms with Crippen LogP contribution < -0.4 is 10.5 Å². The van der Waals surface area contributed by atoms with Gasteiger partial charge >= 0.3 is 0 Å². The summed E-state index contributed by atoms with van der Waals surface area (Å²) < 4.78 is 5.86. The van der Waals surface area contributed by atoms with E-state index >= 15 is 0 Å². The average Bonchev–Trinajstić information content (AvgIpc) is 2.43. The first-order chi connectivity index (χ1) is 9.67. The van der Waals surface area contributed by atoms with Gasteiger partial charge in [0.1, 0.15) is 5.75 Å². The summed E-state index contributed by atoms with van der Waals surface area (Å²) >= 11 is 6.17. The molecule has 3 nitrogen and oxygen atoms in total. The van der Waals surface area contributed by atoms with Crippen molar-refractivity contribution in [3.63, 3.8) is 0 Å². The molecule has 0 fully saturated rings. The van der Waals surface area contributed by atoms with Gasteiger partial charge in [-0.15, -0.1) is 0 Å². The monoisotopic (exact) mass is 296 g/mol. The Labute approximate surface area is 127 Å². The summed E-state index contributed by atoms with van der Waals surface area (Å²) in [5, 5.41) is 0.662. The van der Waals surface area contributed by atoms with Crippen molar-refractivity contribution in [1.29, 1.82) is 0 Å². The molecule has 0 bridgehead atoms. The van der Waals surface area contributed by atoms with Crippen LogP contribution >= 0.6 is 11.6 Å². The predicted octanol–water partition coefficient (Wildman–Crippen LogP) is 3.47. The zero-order valence-corrected chi connectivity index (χ0v) is 13.2. The van der Waals surface area contributed by atoms with Crippen molar-refractivity contribution in [1.82, 2.24) is 4.90 Å². The van der Waals surface area contributed by atoms with Gasteiger partial charge in [0.25, 0.3) is 0 Å². The highest BCUT2D eigenvalue weighted by molar-refractivity contribution is 6.32. The minimum Gasteiger partial charge on any atom is -0.491 e. The summed E-state index contributed by atoms with van der Waals surface area (Å²) in [4.78, 5) is 2.49. The second kappa shape index (κ2) is 7.30. The molecule has 0 amide bonds. The third-order valence-electron chi connectivity index (χ3n) is 3.88. The Morgan fingerprint density at radius 2 is 2.00 bits per heavy atom. The Bertz CT molecular complexity index is 432. The molecule has 0 saturated heterocycles. The van der Waals surface area contributed by atoms with E-state index < -0.39 is 0 Å². The molecule has 1 aliphatic rings. The Hall–Kier alpha value is -0.770. The minimum atomic E-state index is 0.00802. The predicted molar refractivity (Wildman–Crippen MR) is 84.4 cm³/mol. The summed E-state index contributed by atoms with van der Waals surface area (Å²) in [6, 6.07) is 5.84. The molecular formula is C16H25ClN2O. The van der Waals surface area contributed by atoms with Crippen LogP contribution in [0.4, 0.5) is 0 Å². The van der Waals surface area contributed by atoms with E-state index in [4.69, 9.17) is 22.1 Å². The summed E-state index contributed by atoms with van der Waals surface area (Å²) in [6.45, 7) is 8.33. The largest absolute Gasteiger partial charge is 0.491 e. The molecule has 0 aromatic heterocycles. The fourth-order valence-electron chi connectivity index (χ4n) is 2.91. The lowest BCUT2D eigenvalue weighted by Gasteiger charge is -2.35. The zero-order valence-electron chi connectivity index (χ0n) is 12.4. The number of fused-ring (bicyclic) bond motifs is 1. The first-order valence-corrected chi connectivity index (χ1v) is 7.94. The fourth-order valence-corrected chi connectivity index (χ4v) is 3.15. The molecule has 0 saturated carbocycles. The van der Waals surface area contributed by atoms with Crippen molar-refractivity contribution in [3.8, 4) is 5.75 Å². The van der Waals surface area contributed by atoms with E-state index in [1.54, 1.807) is 0 Å². The quantitative estimate of drug-likeness (QED) is 0.873. The SMILES string of the molecule is CCCN(CCC)CC1COc2c(Cl)cccc2C1N. The molecule has 1 heterocycles. The van der Waals surface area contributed by atoms with Crippen molar-refractivity contribution in [2.75, 3.05) is 26.2 Å². The molecule has 112 valence electrons. The van der Waals surface area contributed by atoms with Crippen LogP contribution in [-0.4, -0.2) is 31.1 Å². The Morgan fingerprint density at radius 3 is 2.65 bits per heavy atom. The molecule has 0 spiro atoms. The van der Waals surface area contributed by atoms with Crippen LogP contribution in [0.15, 0.2) is 18.2 Å². The van der Waals surface area contributed by atoms with Crippen molar-refractivity contribution >= 4 is 11.6 Å². The van der Waals surface area contributed by atoms with E-state index in [2.05, 4.69) is 18.7 Å². The number of halogens is 1. The smallest absolute Gasteiger partial charge is 0.142 e. The Morgan fingerprint density at radius 1 is 1.30 bits per heavy atom. The first kappa shape index (κ1) is 15.6. The minimum absolute atomic E-state index is 0.00802. The Kier molecular flexibility index (Phi) is 5.70. The van der Waals surface area contributed by atoms with Crippen molar-refractivity contribution in [2.24, 2.45) is 11.7 Å². The summed E-state index contributed by atoms with van der Waals surface area (Å²) in [5.74, 6) is 1.11. The normalized spacial score (nSPS) is 21.6. The molecule has 1 aliphatic heterocycles. The van der Waals surface area contributed by atoms with E-state index in [-0.39, 0.29) is 6.04 Å². The van der Waals surface area contributed by atoms with Gasteiger partial charge in [-0.25, -0.2) is 0 Å². The number of rotatable bonds is 6. The molecule has 2 rings (SSSR count). The summed E-state index contributed by atoms with van der Waals surface area (Å²) in [6.07, 6.45) is 2.34. The number of hydrogen-bond acceptors (Lipinski definition) is 3. The number of nitrogens with two attached hydrogens (primary N) is 1. The number of nitrogens with zero attached hydrogens (tertiary/aromatic N) is 1. The number of hydrogen-bond donors (Lipinski definition) is 1. The summed E-state index contributed by atoms with van der Waals surface area (Å²) in [5.41, 5.74) is 7.48. The maximum atomic E-state index is 6.43. The van der Waals surface area contributed by atoms with E-state index in [0.717, 1.165) is 30.9 Å². The van der Waals surface area contributed by atoms with Gasteiger partial charge in [0.05, 0.1) is 11.6 Å². The van der Waals surface area contributed by atoms with Gasteiger partial charge in [0.2, 0.25) is 0 Å². The van der Waals surface area contributed by atoms with Crippen LogP contribution in [0.2, 0.25) is 5.02 Å². The number of para-hydroxylation sites is 1. The first-order valence-electron chi connectivity index (χ1n) is 7.56. The van der Waals surface area contributed by atoms with Crippen LogP contribution in [-0.2, 0) is 0 Å². The zero-order chi connectivity index (χ0) is 14.5. The molecule has 1 aromatic carbocycles. The second-order valence-corrected chi connectivity index (χ2v) is 5.96. The molecule has 0 radical (unpaired) electrons. The van der Waals surface area contributed by atoms with Crippen molar-refractivity contribution in [3.05, 3.63) is 28.8 Å². The molecule has 4 heteroatoms. The van der Waals surface area contributed by atoms with Gasteiger partial charge in [-0.1, -0.05) is 37.6 Å². The molecule has 2 N–H and O–H groups in total. The highest BCUT2D eigenvalue weighted by Gasteiger charge is 2.30. The number of benzene rings is 1. The van der Waals surface area contributed by atoms with Crippen LogP contribution in [0.1, 0.15) is 38.3 Å². The van der Waals surface area contributed by atoms with Gasteiger partial charge in [0.15, 0.2) is 0 Å². The molecule has 2 unspecified atom stereocenters. The third-order valence-corrected chi connectivity index (χ3v) is 4.18. The lowest BCUT2D eigenvalue weighted by atomic mass is 9.91. The van der Waals surface area contributed by atoms with Gasteiger partial charge in [0, 0.05) is 24.1 Å². The topological polar surface area (TPSA) is 38.5 Å². The standard InChI is InChI=1S/C16H25ClN2O/c1-3-8-19(9-4-2)10-12-11-20-16-13(15(12)18)6-5-7-14(16)17/h5-7,12,15H,3-4,8-11,18H2,1-2H3. The summed E-state index contributed by atoms with van der Waals surface area (Å²) in [7, 11) is 0. The molecular weight excluding hydrogens is 272 g/mol. The van der Waals surface area contributed by atoms with E-state index in [1.165, 1.54) is 12.8 Å². The Balaban J connectivity index is 2.08. The lowest BCUT2D eigenvalue weighted by Crippen LogP contribution is -2.41. The molecule has 2 atom stereocenters. The maximum absolute atomic E-state index is 6.43.